The topological polar surface area (TPSA) is 63.3 Å². The molecule has 0 radical (unpaired) electrons. The Morgan fingerprint density at radius 3 is 2.86 bits per heavy atom. The van der Waals surface area contributed by atoms with E-state index >= 15 is 0 Å². The van der Waals surface area contributed by atoms with Gasteiger partial charge in [0.05, 0.1) is 0 Å². The zero-order chi connectivity index (χ0) is 10.6. The quantitative estimate of drug-likeness (QED) is 0.814. The van der Waals surface area contributed by atoms with Crippen LogP contribution >= 0.6 is 15.9 Å². The number of aliphatic carboxylic acids is 1. The zero-order valence-electron chi connectivity index (χ0n) is 7.35. The lowest BCUT2D eigenvalue weighted by atomic mass is 10.1. The van der Waals surface area contributed by atoms with E-state index in [0.717, 1.165) is 16.1 Å². The van der Waals surface area contributed by atoms with Crippen LogP contribution in [0.4, 0.5) is 0 Å². The molecule has 0 aromatic heterocycles. The number of carboxylic acids is 1. The standard InChI is InChI=1S/C10H10BrNO2/c11-8-3-1-2-7(6-8)9(12)4-5-10(13)14/h1-6,9H,12H2,(H,13,14)/b5-4+. The molecule has 0 aliphatic rings. The van der Waals surface area contributed by atoms with Gasteiger partial charge in [-0.05, 0) is 17.7 Å². The monoisotopic (exact) mass is 255 g/mol. The van der Waals surface area contributed by atoms with E-state index in [2.05, 4.69) is 15.9 Å². The average Bonchev–Trinajstić information content (AvgIpc) is 2.14. The summed E-state index contributed by atoms with van der Waals surface area (Å²) in [4.78, 5) is 10.3. The minimum absolute atomic E-state index is 0.386. The van der Waals surface area contributed by atoms with Crippen LogP contribution in [0.25, 0.3) is 0 Å². The van der Waals surface area contributed by atoms with Crippen LogP contribution in [-0.4, -0.2) is 11.1 Å². The Kier molecular flexibility index (Phi) is 3.85. The Morgan fingerprint density at radius 1 is 1.57 bits per heavy atom. The predicted octanol–water partition coefficient (Wildman–Crippen LogP) is 2.09. The Bertz CT molecular complexity index is 363. The van der Waals surface area contributed by atoms with Crippen LogP contribution < -0.4 is 5.73 Å². The van der Waals surface area contributed by atoms with Crippen LogP contribution in [0.3, 0.4) is 0 Å². The molecule has 1 aromatic carbocycles. The first-order valence-corrected chi connectivity index (χ1v) is 4.81. The lowest BCUT2D eigenvalue weighted by Crippen LogP contribution is -2.07. The molecular weight excluding hydrogens is 246 g/mol. The van der Waals surface area contributed by atoms with E-state index in [9.17, 15) is 4.79 Å². The molecule has 0 fully saturated rings. The van der Waals surface area contributed by atoms with Crippen LogP contribution in [0.2, 0.25) is 0 Å². The average molecular weight is 256 g/mol. The summed E-state index contributed by atoms with van der Waals surface area (Å²) < 4.78 is 0.925. The number of hydrogen-bond donors (Lipinski definition) is 2. The van der Waals surface area contributed by atoms with Gasteiger partial charge in [0.1, 0.15) is 0 Å². The minimum Gasteiger partial charge on any atom is -0.478 e. The Labute approximate surface area is 90.4 Å². The van der Waals surface area contributed by atoms with Gasteiger partial charge < -0.3 is 10.8 Å². The molecule has 0 amide bonds. The molecule has 0 saturated heterocycles. The second kappa shape index (κ2) is 4.93. The molecule has 0 heterocycles. The molecule has 3 nitrogen and oxygen atoms in total. The van der Waals surface area contributed by atoms with Gasteiger partial charge in [0, 0.05) is 16.6 Å². The summed E-state index contributed by atoms with van der Waals surface area (Å²) in [5.41, 5.74) is 6.61. The fraction of sp³-hybridized carbons (Fsp3) is 0.100. The van der Waals surface area contributed by atoms with Gasteiger partial charge in [-0.1, -0.05) is 34.1 Å². The van der Waals surface area contributed by atoms with Crippen molar-refractivity contribution >= 4 is 21.9 Å². The van der Waals surface area contributed by atoms with Crippen LogP contribution in [0.15, 0.2) is 40.9 Å². The van der Waals surface area contributed by atoms with Crippen molar-refractivity contribution in [2.75, 3.05) is 0 Å². The highest BCUT2D eigenvalue weighted by Crippen LogP contribution is 2.17. The summed E-state index contributed by atoms with van der Waals surface area (Å²) in [5, 5.41) is 8.41. The van der Waals surface area contributed by atoms with E-state index in [1.54, 1.807) is 0 Å². The van der Waals surface area contributed by atoms with Crippen molar-refractivity contribution in [2.45, 2.75) is 6.04 Å². The lowest BCUT2D eigenvalue weighted by molar-refractivity contribution is -0.131. The van der Waals surface area contributed by atoms with Crippen LogP contribution in [0.1, 0.15) is 11.6 Å². The fourth-order valence-corrected chi connectivity index (χ4v) is 1.43. The van der Waals surface area contributed by atoms with Gasteiger partial charge >= 0.3 is 5.97 Å². The molecule has 4 heteroatoms. The summed E-state index contributed by atoms with van der Waals surface area (Å²) in [6, 6.07) is 7.06. The summed E-state index contributed by atoms with van der Waals surface area (Å²) in [5.74, 6) is -0.990. The van der Waals surface area contributed by atoms with Gasteiger partial charge in [-0.25, -0.2) is 4.79 Å². The second-order valence-corrected chi connectivity index (χ2v) is 3.69. The highest BCUT2D eigenvalue weighted by atomic mass is 79.9. The summed E-state index contributed by atoms with van der Waals surface area (Å²) in [6.07, 6.45) is 2.50. The van der Waals surface area contributed by atoms with Crippen molar-refractivity contribution in [1.82, 2.24) is 0 Å². The smallest absolute Gasteiger partial charge is 0.328 e. The molecule has 1 atom stereocenters. The minimum atomic E-state index is -0.990. The van der Waals surface area contributed by atoms with E-state index in [1.807, 2.05) is 24.3 Å². The van der Waals surface area contributed by atoms with Crippen molar-refractivity contribution in [3.05, 3.63) is 46.5 Å². The number of halogens is 1. The van der Waals surface area contributed by atoms with Crippen molar-refractivity contribution in [1.29, 1.82) is 0 Å². The molecule has 0 bridgehead atoms. The van der Waals surface area contributed by atoms with E-state index in [-0.39, 0.29) is 6.04 Å². The number of rotatable bonds is 3. The SMILES string of the molecule is NC(/C=C/C(=O)O)c1cccc(Br)c1. The molecule has 14 heavy (non-hydrogen) atoms. The van der Waals surface area contributed by atoms with Crippen LogP contribution in [0.5, 0.6) is 0 Å². The van der Waals surface area contributed by atoms with Crippen molar-refractivity contribution in [2.24, 2.45) is 5.73 Å². The molecular formula is C10H10BrNO2. The highest BCUT2D eigenvalue weighted by molar-refractivity contribution is 9.10. The number of carboxylic acid groups (broad SMARTS) is 1. The number of nitrogens with two attached hydrogens (primary N) is 1. The van der Waals surface area contributed by atoms with E-state index in [1.165, 1.54) is 6.08 Å². The number of benzene rings is 1. The molecule has 3 N–H and O–H groups in total. The van der Waals surface area contributed by atoms with Gasteiger partial charge in [0.15, 0.2) is 0 Å². The normalized spacial score (nSPS) is 13.0. The molecule has 0 spiro atoms. The molecule has 1 rings (SSSR count). The summed E-state index contributed by atoms with van der Waals surface area (Å²) >= 11 is 3.31. The largest absolute Gasteiger partial charge is 0.478 e. The second-order valence-electron chi connectivity index (χ2n) is 2.78. The lowest BCUT2D eigenvalue weighted by Gasteiger charge is -2.06. The third kappa shape index (κ3) is 3.32. The first-order valence-electron chi connectivity index (χ1n) is 4.02. The first kappa shape index (κ1) is 10.9. The summed E-state index contributed by atoms with van der Waals surface area (Å²) in [6.45, 7) is 0. The van der Waals surface area contributed by atoms with Crippen LogP contribution in [-0.2, 0) is 4.79 Å². The van der Waals surface area contributed by atoms with Gasteiger partial charge in [0.25, 0.3) is 0 Å². The van der Waals surface area contributed by atoms with Gasteiger partial charge in [0.2, 0.25) is 0 Å². The molecule has 74 valence electrons. The predicted molar refractivity (Wildman–Crippen MR) is 57.8 cm³/mol. The van der Waals surface area contributed by atoms with Crippen LogP contribution in [0, 0.1) is 0 Å². The zero-order valence-corrected chi connectivity index (χ0v) is 8.94. The first-order chi connectivity index (χ1) is 6.59. The Balaban J connectivity index is 2.79. The van der Waals surface area contributed by atoms with Crippen molar-refractivity contribution < 1.29 is 9.90 Å². The van der Waals surface area contributed by atoms with Crippen molar-refractivity contribution in [3.63, 3.8) is 0 Å². The van der Waals surface area contributed by atoms with E-state index < -0.39 is 5.97 Å². The van der Waals surface area contributed by atoms with E-state index in [0.29, 0.717) is 0 Å². The third-order valence-electron chi connectivity index (χ3n) is 1.68. The number of carbonyl (C=O) groups is 1. The van der Waals surface area contributed by atoms with Gasteiger partial charge in [-0.15, -0.1) is 0 Å². The fourth-order valence-electron chi connectivity index (χ4n) is 1.01. The Hall–Kier alpha value is -1.13. The molecule has 1 unspecified atom stereocenters. The molecule has 0 aliphatic heterocycles. The van der Waals surface area contributed by atoms with Gasteiger partial charge in [-0.3, -0.25) is 0 Å². The molecule has 0 aliphatic carbocycles. The highest BCUT2D eigenvalue weighted by Gasteiger charge is 2.02. The molecule has 0 saturated carbocycles. The maximum atomic E-state index is 10.3. The molecule has 1 aromatic rings. The Morgan fingerprint density at radius 2 is 2.29 bits per heavy atom. The van der Waals surface area contributed by atoms with Crippen molar-refractivity contribution in [3.8, 4) is 0 Å². The third-order valence-corrected chi connectivity index (χ3v) is 2.17. The maximum absolute atomic E-state index is 10.3. The maximum Gasteiger partial charge on any atom is 0.328 e. The summed E-state index contributed by atoms with van der Waals surface area (Å²) in [7, 11) is 0. The number of hydrogen-bond acceptors (Lipinski definition) is 2. The van der Waals surface area contributed by atoms with E-state index in [4.69, 9.17) is 10.8 Å². The van der Waals surface area contributed by atoms with Gasteiger partial charge in [-0.2, -0.15) is 0 Å².